The van der Waals surface area contributed by atoms with Crippen molar-refractivity contribution in [3.63, 3.8) is 0 Å². The SMILES string of the molecule is CCCCNC(=O)C(C)N(Cc1ccccc1C)C(=O)COc1ccc(Cl)cc1Br. The van der Waals surface area contributed by atoms with Gasteiger partial charge in [-0.1, -0.05) is 49.2 Å². The lowest BCUT2D eigenvalue weighted by molar-refractivity contribution is -0.142. The van der Waals surface area contributed by atoms with Crippen LogP contribution < -0.4 is 10.1 Å². The van der Waals surface area contributed by atoms with Gasteiger partial charge in [0.25, 0.3) is 5.91 Å². The van der Waals surface area contributed by atoms with Crippen LogP contribution in [-0.2, 0) is 16.1 Å². The van der Waals surface area contributed by atoms with Gasteiger partial charge in [-0.15, -0.1) is 0 Å². The lowest BCUT2D eigenvalue weighted by Crippen LogP contribution is -2.49. The fraction of sp³-hybridized carbons (Fsp3) is 0.391. The van der Waals surface area contributed by atoms with Gasteiger partial charge in [-0.2, -0.15) is 0 Å². The minimum Gasteiger partial charge on any atom is -0.483 e. The number of benzene rings is 2. The van der Waals surface area contributed by atoms with Crippen LogP contribution in [0.15, 0.2) is 46.9 Å². The van der Waals surface area contributed by atoms with E-state index in [-0.39, 0.29) is 18.4 Å². The zero-order chi connectivity index (χ0) is 22.1. The number of ether oxygens (including phenoxy) is 1. The second kappa shape index (κ2) is 12.0. The lowest BCUT2D eigenvalue weighted by atomic mass is 10.1. The molecule has 30 heavy (non-hydrogen) atoms. The van der Waals surface area contributed by atoms with Crippen molar-refractivity contribution in [1.82, 2.24) is 10.2 Å². The van der Waals surface area contributed by atoms with Gasteiger partial charge in [-0.3, -0.25) is 9.59 Å². The van der Waals surface area contributed by atoms with Gasteiger partial charge in [0, 0.05) is 18.1 Å². The fourth-order valence-corrected chi connectivity index (χ4v) is 3.70. The smallest absolute Gasteiger partial charge is 0.261 e. The topological polar surface area (TPSA) is 58.6 Å². The molecule has 0 aliphatic rings. The van der Waals surface area contributed by atoms with Gasteiger partial charge in [0.05, 0.1) is 4.47 Å². The number of amides is 2. The average Bonchev–Trinajstić information content (AvgIpc) is 2.72. The molecule has 0 aliphatic heterocycles. The van der Waals surface area contributed by atoms with Crippen LogP contribution in [0.25, 0.3) is 0 Å². The first-order chi connectivity index (χ1) is 14.3. The number of nitrogens with one attached hydrogen (secondary N) is 1. The average molecular weight is 496 g/mol. The molecule has 0 aliphatic carbocycles. The third kappa shape index (κ3) is 7.03. The van der Waals surface area contributed by atoms with E-state index in [0.29, 0.717) is 28.3 Å². The summed E-state index contributed by atoms with van der Waals surface area (Å²) in [5, 5.41) is 3.48. The van der Waals surface area contributed by atoms with Crippen molar-refractivity contribution in [3.05, 3.63) is 63.1 Å². The number of hydrogen-bond donors (Lipinski definition) is 1. The van der Waals surface area contributed by atoms with Gasteiger partial charge < -0.3 is 15.0 Å². The summed E-state index contributed by atoms with van der Waals surface area (Å²) < 4.78 is 6.37. The number of carbonyl (C=O) groups excluding carboxylic acids is 2. The van der Waals surface area contributed by atoms with Crippen LogP contribution >= 0.6 is 27.5 Å². The first kappa shape index (κ1) is 24.2. The third-order valence-corrected chi connectivity index (χ3v) is 5.70. The van der Waals surface area contributed by atoms with Crippen molar-refractivity contribution in [2.75, 3.05) is 13.2 Å². The van der Waals surface area contributed by atoms with E-state index in [0.717, 1.165) is 24.0 Å². The molecule has 0 radical (unpaired) electrons. The van der Waals surface area contributed by atoms with Crippen molar-refractivity contribution in [2.24, 2.45) is 0 Å². The Bertz CT molecular complexity index is 875. The molecule has 0 saturated heterocycles. The molecule has 5 nitrogen and oxygen atoms in total. The van der Waals surface area contributed by atoms with Crippen molar-refractivity contribution < 1.29 is 14.3 Å². The van der Waals surface area contributed by atoms with E-state index < -0.39 is 6.04 Å². The molecule has 2 rings (SSSR count). The highest BCUT2D eigenvalue weighted by Crippen LogP contribution is 2.28. The van der Waals surface area contributed by atoms with Gasteiger partial charge in [-0.25, -0.2) is 0 Å². The number of unbranched alkanes of at least 4 members (excludes halogenated alkanes) is 1. The summed E-state index contributed by atoms with van der Waals surface area (Å²) in [5.74, 6) is 0.0833. The van der Waals surface area contributed by atoms with Crippen LogP contribution in [-0.4, -0.2) is 35.9 Å². The Labute approximate surface area is 191 Å². The Morgan fingerprint density at radius 2 is 1.97 bits per heavy atom. The van der Waals surface area contributed by atoms with E-state index >= 15 is 0 Å². The summed E-state index contributed by atoms with van der Waals surface area (Å²) in [6, 6.07) is 12.3. The number of rotatable bonds is 10. The Morgan fingerprint density at radius 3 is 2.63 bits per heavy atom. The van der Waals surface area contributed by atoms with E-state index in [1.165, 1.54) is 0 Å². The predicted octanol–water partition coefficient (Wildman–Crippen LogP) is 5.12. The van der Waals surface area contributed by atoms with Crippen molar-refractivity contribution in [1.29, 1.82) is 0 Å². The number of halogens is 2. The summed E-state index contributed by atoms with van der Waals surface area (Å²) in [6.45, 7) is 6.55. The largest absolute Gasteiger partial charge is 0.483 e. The van der Waals surface area contributed by atoms with Gasteiger partial charge in [0.2, 0.25) is 5.91 Å². The molecule has 0 aromatic heterocycles. The summed E-state index contributed by atoms with van der Waals surface area (Å²) in [4.78, 5) is 27.3. The maximum atomic E-state index is 13.1. The second-order valence-corrected chi connectivity index (χ2v) is 8.42. The van der Waals surface area contributed by atoms with Crippen molar-refractivity contribution in [2.45, 2.75) is 46.2 Å². The normalized spacial score (nSPS) is 11.6. The first-order valence-corrected chi connectivity index (χ1v) is 11.2. The Morgan fingerprint density at radius 1 is 1.23 bits per heavy atom. The molecule has 162 valence electrons. The summed E-state index contributed by atoms with van der Waals surface area (Å²) in [6.07, 6.45) is 1.89. The van der Waals surface area contributed by atoms with Crippen LogP contribution in [0.4, 0.5) is 0 Å². The van der Waals surface area contributed by atoms with Crippen LogP contribution in [0, 0.1) is 6.92 Å². The number of aryl methyl sites for hydroxylation is 1. The van der Waals surface area contributed by atoms with Crippen LogP contribution in [0.3, 0.4) is 0 Å². The molecule has 0 bridgehead atoms. The zero-order valence-electron chi connectivity index (χ0n) is 17.6. The molecule has 1 atom stereocenters. The Balaban J connectivity index is 2.15. The maximum Gasteiger partial charge on any atom is 0.261 e. The molecule has 7 heteroatoms. The summed E-state index contributed by atoms with van der Waals surface area (Å²) in [7, 11) is 0. The van der Waals surface area contributed by atoms with Crippen molar-refractivity contribution >= 4 is 39.3 Å². The molecule has 2 amide bonds. The third-order valence-electron chi connectivity index (χ3n) is 4.84. The van der Waals surface area contributed by atoms with Gasteiger partial charge in [0.15, 0.2) is 6.61 Å². The van der Waals surface area contributed by atoms with Crippen LogP contribution in [0.1, 0.15) is 37.8 Å². The second-order valence-electron chi connectivity index (χ2n) is 7.13. The molecule has 0 saturated carbocycles. The molecule has 1 N–H and O–H groups in total. The highest BCUT2D eigenvalue weighted by atomic mass is 79.9. The number of hydrogen-bond acceptors (Lipinski definition) is 3. The number of nitrogens with zero attached hydrogens (tertiary/aromatic N) is 1. The number of carbonyl (C=O) groups is 2. The van der Waals surface area contributed by atoms with E-state index in [1.807, 2.05) is 31.2 Å². The first-order valence-electron chi connectivity index (χ1n) is 10.0. The van der Waals surface area contributed by atoms with Gasteiger partial charge >= 0.3 is 0 Å². The molecule has 0 fully saturated rings. The monoisotopic (exact) mass is 494 g/mol. The lowest BCUT2D eigenvalue weighted by Gasteiger charge is -2.29. The van der Waals surface area contributed by atoms with Crippen LogP contribution in [0.5, 0.6) is 5.75 Å². The van der Waals surface area contributed by atoms with E-state index in [2.05, 4.69) is 28.2 Å². The fourth-order valence-electron chi connectivity index (χ4n) is 2.90. The molecule has 2 aromatic carbocycles. The van der Waals surface area contributed by atoms with Crippen LogP contribution in [0.2, 0.25) is 5.02 Å². The Kier molecular flexibility index (Phi) is 9.66. The van der Waals surface area contributed by atoms with Gasteiger partial charge in [0.1, 0.15) is 11.8 Å². The molecular formula is C23H28BrClN2O3. The van der Waals surface area contributed by atoms with E-state index in [1.54, 1.807) is 30.0 Å². The minimum atomic E-state index is -0.619. The predicted molar refractivity (Wildman–Crippen MR) is 124 cm³/mol. The molecule has 2 aromatic rings. The zero-order valence-corrected chi connectivity index (χ0v) is 19.9. The quantitative estimate of drug-likeness (QED) is 0.465. The molecule has 0 heterocycles. The molecule has 0 spiro atoms. The summed E-state index contributed by atoms with van der Waals surface area (Å²) >= 11 is 9.35. The van der Waals surface area contributed by atoms with Gasteiger partial charge in [-0.05, 0) is 65.5 Å². The van der Waals surface area contributed by atoms with Crippen molar-refractivity contribution in [3.8, 4) is 5.75 Å². The van der Waals surface area contributed by atoms with E-state index in [9.17, 15) is 9.59 Å². The summed E-state index contributed by atoms with van der Waals surface area (Å²) in [5.41, 5.74) is 2.06. The maximum absolute atomic E-state index is 13.1. The molecule has 1 unspecified atom stereocenters. The Hall–Kier alpha value is -2.05. The molecular weight excluding hydrogens is 468 g/mol. The minimum absolute atomic E-state index is 0.168. The van der Waals surface area contributed by atoms with E-state index in [4.69, 9.17) is 16.3 Å². The highest BCUT2D eigenvalue weighted by Gasteiger charge is 2.26. The highest BCUT2D eigenvalue weighted by molar-refractivity contribution is 9.10. The standard InChI is InChI=1S/C23H28BrClN2O3/c1-4-5-12-26-23(29)17(3)27(14-18-9-7-6-8-16(18)2)22(28)15-30-21-11-10-19(25)13-20(21)24/h6-11,13,17H,4-5,12,14-15H2,1-3H3,(H,26,29).